The van der Waals surface area contributed by atoms with Crippen molar-refractivity contribution < 1.29 is 4.74 Å². The summed E-state index contributed by atoms with van der Waals surface area (Å²) < 4.78 is 9.03. The highest BCUT2D eigenvalue weighted by Gasteiger charge is 2.09. The van der Waals surface area contributed by atoms with Crippen molar-refractivity contribution in [3.05, 3.63) is 95.1 Å². The van der Waals surface area contributed by atoms with Gasteiger partial charge in [-0.1, -0.05) is 58.4 Å². The Balaban J connectivity index is 1.46. The van der Waals surface area contributed by atoms with Crippen molar-refractivity contribution in [3.8, 4) is 22.8 Å². The summed E-state index contributed by atoms with van der Waals surface area (Å²) in [5.74, 6) is 2.47. The lowest BCUT2D eigenvalue weighted by Crippen LogP contribution is -2.05. The maximum absolute atomic E-state index is 5.91. The number of hydrogen-bond donors (Lipinski definition) is 1. The molecule has 0 unspecified atom stereocenters. The van der Waals surface area contributed by atoms with Crippen LogP contribution in [0.4, 0.5) is 5.95 Å². The summed E-state index contributed by atoms with van der Waals surface area (Å²) in [5.41, 5.74) is 3.31. The van der Waals surface area contributed by atoms with Gasteiger partial charge in [-0.2, -0.15) is 0 Å². The summed E-state index contributed by atoms with van der Waals surface area (Å²) in [4.78, 5) is 4.53. The van der Waals surface area contributed by atoms with Gasteiger partial charge in [-0.3, -0.25) is 0 Å². The largest absolute Gasteiger partial charge is 0.457 e. The molecule has 0 fully saturated rings. The molecule has 3 aromatic carbocycles. The van der Waals surface area contributed by atoms with Gasteiger partial charge in [0.15, 0.2) is 0 Å². The Kier molecular flexibility index (Phi) is 5.44. The van der Waals surface area contributed by atoms with Crippen LogP contribution in [-0.2, 0) is 13.6 Å². The fourth-order valence-electron chi connectivity index (χ4n) is 3.01. The number of hydrogen-bond acceptors (Lipinski definition) is 3. The molecule has 1 aromatic heterocycles. The third-order valence-electron chi connectivity index (χ3n) is 4.44. The summed E-state index contributed by atoms with van der Waals surface area (Å²) in [6, 6.07) is 26.1. The molecule has 0 bridgehead atoms. The van der Waals surface area contributed by atoms with E-state index in [1.165, 1.54) is 0 Å². The summed E-state index contributed by atoms with van der Waals surface area (Å²) in [5, 5.41) is 3.41. The Morgan fingerprint density at radius 2 is 1.71 bits per heavy atom. The predicted molar refractivity (Wildman–Crippen MR) is 117 cm³/mol. The van der Waals surface area contributed by atoms with Crippen LogP contribution in [0.2, 0.25) is 0 Å². The molecule has 0 aliphatic rings. The summed E-state index contributed by atoms with van der Waals surface area (Å²) in [7, 11) is 2.01. The molecule has 0 aliphatic heterocycles. The van der Waals surface area contributed by atoms with Gasteiger partial charge in [0.05, 0.1) is 11.9 Å². The minimum Gasteiger partial charge on any atom is -0.457 e. The molecule has 0 saturated heterocycles. The van der Waals surface area contributed by atoms with Crippen LogP contribution >= 0.6 is 15.9 Å². The van der Waals surface area contributed by atoms with Crippen molar-refractivity contribution in [2.45, 2.75) is 6.54 Å². The molecule has 140 valence electrons. The molecular weight excluding hydrogens is 414 g/mol. The monoisotopic (exact) mass is 433 g/mol. The van der Waals surface area contributed by atoms with Crippen LogP contribution in [-0.4, -0.2) is 9.55 Å². The first kappa shape index (κ1) is 18.3. The molecule has 0 aliphatic carbocycles. The number of nitrogens with one attached hydrogen (secondary N) is 1. The number of benzene rings is 3. The van der Waals surface area contributed by atoms with Crippen LogP contribution in [0.5, 0.6) is 11.5 Å². The normalized spacial score (nSPS) is 10.6. The average molecular weight is 434 g/mol. The third-order valence-corrected chi connectivity index (χ3v) is 4.93. The second-order valence-electron chi connectivity index (χ2n) is 6.45. The predicted octanol–water partition coefficient (Wildman–Crippen LogP) is 6.25. The van der Waals surface area contributed by atoms with Crippen molar-refractivity contribution >= 4 is 21.9 Å². The summed E-state index contributed by atoms with van der Waals surface area (Å²) >= 11 is 3.53. The van der Waals surface area contributed by atoms with Gasteiger partial charge in [0.25, 0.3) is 0 Å². The van der Waals surface area contributed by atoms with Gasteiger partial charge < -0.3 is 14.6 Å². The molecule has 5 heteroatoms. The fourth-order valence-corrected chi connectivity index (χ4v) is 3.41. The number of imidazole rings is 1. The Bertz CT molecular complexity index is 1080. The molecular formula is C23H20BrN3O. The lowest BCUT2D eigenvalue weighted by atomic mass is 10.2. The van der Waals surface area contributed by atoms with E-state index in [4.69, 9.17) is 4.74 Å². The zero-order chi connectivity index (χ0) is 19.3. The topological polar surface area (TPSA) is 39.1 Å². The molecule has 0 radical (unpaired) electrons. The van der Waals surface area contributed by atoms with E-state index in [0.717, 1.165) is 38.7 Å². The number of halogens is 1. The molecule has 0 atom stereocenters. The second kappa shape index (κ2) is 8.31. The molecule has 4 nitrogen and oxygen atoms in total. The minimum absolute atomic E-state index is 0.661. The minimum atomic E-state index is 0.661. The third kappa shape index (κ3) is 4.26. The molecule has 4 aromatic rings. The second-order valence-corrected chi connectivity index (χ2v) is 7.37. The molecule has 0 amide bonds. The molecule has 0 spiro atoms. The maximum Gasteiger partial charge on any atom is 0.203 e. The molecule has 4 rings (SSSR count). The first-order valence-corrected chi connectivity index (χ1v) is 9.82. The maximum atomic E-state index is 5.91. The van der Waals surface area contributed by atoms with Gasteiger partial charge in [-0.25, -0.2) is 4.98 Å². The van der Waals surface area contributed by atoms with E-state index in [-0.39, 0.29) is 0 Å². The van der Waals surface area contributed by atoms with Gasteiger partial charge in [0.1, 0.15) is 11.5 Å². The van der Waals surface area contributed by atoms with Gasteiger partial charge >= 0.3 is 0 Å². The SMILES string of the molecule is Cn1c(-c2cccc(Br)c2)cnc1NCc1cccc(Oc2ccccc2)c1. The van der Waals surface area contributed by atoms with Crippen LogP contribution < -0.4 is 10.1 Å². The van der Waals surface area contributed by atoms with Crippen molar-refractivity contribution in [1.29, 1.82) is 0 Å². The van der Waals surface area contributed by atoms with E-state index in [9.17, 15) is 0 Å². The zero-order valence-corrected chi connectivity index (χ0v) is 17.1. The lowest BCUT2D eigenvalue weighted by molar-refractivity contribution is 0.482. The van der Waals surface area contributed by atoms with E-state index in [2.05, 4.69) is 49.0 Å². The van der Waals surface area contributed by atoms with Gasteiger partial charge in [0, 0.05) is 23.6 Å². The number of para-hydroxylation sites is 1. The quantitative estimate of drug-likeness (QED) is 0.390. The Labute approximate surface area is 173 Å². The van der Waals surface area contributed by atoms with Crippen molar-refractivity contribution in [2.75, 3.05) is 5.32 Å². The van der Waals surface area contributed by atoms with E-state index in [1.807, 2.05) is 73.9 Å². The number of anilines is 1. The number of nitrogens with zero attached hydrogens (tertiary/aromatic N) is 2. The van der Waals surface area contributed by atoms with Gasteiger partial charge in [0.2, 0.25) is 5.95 Å². The Hall–Kier alpha value is -3.05. The van der Waals surface area contributed by atoms with E-state index < -0.39 is 0 Å². The van der Waals surface area contributed by atoms with Crippen LogP contribution in [0.3, 0.4) is 0 Å². The molecule has 28 heavy (non-hydrogen) atoms. The van der Waals surface area contributed by atoms with Crippen LogP contribution in [0.1, 0.15) is 5.56 Å². The molecule has 0 saturated carbocycles. The van der Waals surface area contributed by atoms with Crippen LogP contribution in [0, 0.1) is 0 Å². The fraction of sp³-hybridized carbons (Fsp3) is 0.0870. The van der Waals surface area contributed by atoms with Gasteiger partial charge in [-0.15, -0.1) is 0 Å². The van der Waals surface area contributed by atoms with E-state index in [1.54, 1.807) is 0 Å². The number of ether oxygens (including phenoxy) is 1. The van der Waals surface area contributed by atoms with E-state index >= 15 is 0 Å². The molecule has 1 N–H and O–H groups in total. The Morgan fingerprint density at radius 1 is 0.929 bits per heavy atom. The van der Waals surface area contributed by atoms with Crippen molar-refractivity contribution in [1.82, 2.24) is 9.55 Å². The highest BCUT2D eigenvalue weighted by Crippen LogP contribution is 2.26. The first-order chi connectivity index (χ1) is 13.7. The zero-order valence-electron chi connectivity index (χ0n) is 15.5. The smallest absolute Gasteiger partial charge is 0.203 e. The highest BCUT2D eigenvalue weighted by atomic mass is 79.9. The van der Waals surface area contributed by atoms with Crippen molar-refractivity contribution in [2.24, 2.45) is 7.05 Å². The average Bonchev–Trinajstić information content (AvgIpc) is 3.08. The Morgan fingerprint density at radius 3 is 2.54 bits per heavy atom. The summed E-state index contributed by atoms with van der Waals surface area (Å²) in [6.45, 7) is 0.661. The van der Waals surface area contributed by atoms with Crippen molar-refractivity contribution in [3.63, 3.8) is 0 Å². The first-order valence-electron chi connectivity index (χ1n) is 9.02. The lowest BCUT2D eigenvalue weighted by Gasteiger charge is -2.10. The summed E-state index contributed by atoms with van der Waals surface area (Å²) in [6.07, 6.45) is 1.89. The highest BCUT2D eigenvalue weighted by molar-refractivity contribution is 9.10. The molecule has 1 heterocycles. The number of rotatable bonds is 6. The van der Waals surface area contributed by atoms with Crippen LogP contribution in [0.15, 0.2) is 89.5 Å². The van der Waals surface area contributed by atoms with E-state index in [0.29, 0.717) is 6.54 Å². The van der Waals surface area contributed by atoms with Gasteiger partial charge in [-0.05, 0) is 42.0 Å². The number of aromatic nitrogens is 2. The standard InChI is InChI=1S/C23H20BrN3O/c1-27-22(18-8-6-9-19(24)14-18)16-26-23(27)25-15-17-7-5-12-21(13-17)28-20-10-3-2-4-11-20/h2-14,16H,15H2,1H3,(H,25,26). The van der Waals surface area contributed by atoms with Crippen LogP contribution in [0.25, 0.3) is 11.3 Å².